The molecule has 3 aromatic carbocycles. The van der Waals surface area contributed by atoms with Crippen molar-refractivity contribution >= 4 is 46.1 Å². The summed E-state index contributed by atoms with van der Waals surface area (Å²) in [7, 11) is 1.58. The molecule has 15 nitrogen and oxygen atoms in total. The number of pyridine rings is 1. The number of nitrogens with two attached hydrogens (primary N) is 1. The van der Waals surface area contributed by atoms with E-state index >= 15 is 17.6 Å². The number of fused-ring (bicyclic) bond motifs is 2. The van der Waals surface area contributed by atoms with Gasteiger partial charge in [-0.15, -0.1) is 0 Å². The highest BCUT2D eigenvalue weighted by molar-refractivity contribution is 6.34. The summed E-state index contributed by atoms with van der Waals surface area (Å²) in [5.41, 5.74) is 4.71. The number of benzene rings is 3. The number of nitrogens with one attached hydrogen (secondary N) is 2. The number of piperidine rings is 3. The van der Waals surface area contributed by atoms with Crippen molar-refractivity contribution in [2.45, 2.75) is 113 Å². The summed E-state index contributed by atoms with van der Waals surface area (Å²) in [5.74, 6) is -7.25. The molecule has 6 heterocycles. The van der Waals surface area contributed by atoms with Crippen LogP contribution in [0.5, 0.6) is 11.6 Å². The average Bonchev–Trinajstić information content (AvgIpc) is 3.90. The van der Waals surface area contributed by atoms with Gasteiger partial charge in [-0.05, 0) is 88.4 Å². The molecule has 5 aromatic rings. The van der Waals surface area contributed by atoms with E-state index in [0.29, 0.717) is 70.3 Å². The van der Waals surface area contributed by atoms with Crippen LogP contribution in [0.15, 0.2) is 48.7 Å². The van der Waals surface area contributed by atoms with Gasteiger partial charge in [-0.3, -0.25) is 29.2 Å². The number of halogens is 5. The van der Waals surface area contributed by atoms with Crippen LogP contribution in [0.25, 0.3) is 22.0 Å². The Balaban J connectivity index is 0.770. The fourth-order valence-corrected chi connectivity index (χ4v) is 12.9. The molecule has 3 atom stereocenters. The number of aliphatic hydroxyl groups excluding tert-OH is 1. The molecule has 4 fully saturated rings. The van der Waals surface area contributed by atoms with Gasteiger partial charge in [0.05, 0.1) is 28.8 Å². The zero-order valence-corrected chi connectivity index (χ0v) is 42.9. The summed E-state index contributed by atoms with van der Waals surface area (Å²) >= 11 is 6.71. The first-order valence-electron chi connectivity index (χ1n) is 25.9. The van der Waals surface area contributed by atoms with Crippen LogP contribution in [0.4, 0.5) is 17.6 Å². The number of hydrogen-bond acceptors (Lipinski definition) is 11. The van der Waals surface area contributed by atoms with Crippen molar-refractivity contribution in [2.75, 3.05) is 45.9 Å². The maximum Gasteiger partial charge on any atom is 0.251 e. The Morgan fingerprint density at radius 2 is 1.65 bits per heavy atom. The smallest absolute Gasteiger partial charge is 0.251 e. The number of amides is 4. The molecule has 1 aliphatic carbocycles. The second-order valence-corrected chi connectivity index (χ2v) is 21.6. The van der Waals surface area contributed by atoms with E-state index in [1.54, 1.807) is 7.05 Å². The molecule has 398 valence electrons. The van der Waals surface area contributed by atoms with Crippen molar-refractivity contribution in [2.24, 2.45) is 18.2 Å². The summed E-state index contributed by atoms with van der Waals surface area (Å²) in [6.07, 6.45) is 6.77. The Hall–Kier alpha value is -6.15. The topological polar surface area (TPSA) is 194 Å². The number of nitrogens with zero attached hydrogens (tertiary/aromatic N) is 5. The van der Waals surface area contributed by atoms with E-state index < -0.39 is 81.0 Å². The molecule has 10 rings (SSSR count). The first-order chi connectivity index (χ1) is 35.9. The Morgan fingerprint density at radius 1 is 0.947 bits per heavy atom. The van der Waals surface area contributed by atoms with E-state index in [2.05, 4.69) is 25.6 Å². The maximum atomic E-state index is 16.5. The molecule has 4 aliphatic heterocycles. The third-order valence-electron chi connectivity index (χ3n) is 16.9. The third kappa shape index (κ3) is 9.41. The van der Waals surface area contributed by atoms with Crippen molar-refractivity contribution in [1.29, 1.82) is 0 Å². The zero-order valence-electron chi connectivity index (χ0n) is 42.1. The molecule has 20 heteroatoms. The van der Waals surface area contributed by atoms with Gasteiger partial charge in [-0.2, -0.15) is 5.10 Å². The van der Waals surface area contributed by atoms with E-state index in [9.17, 15) is 24.3 Å². The van der Waals surface area contributed by atoms with Gasteiger partial charge in [-0.1, -0.05) is 55.8 Å². The summed E-state index contributed by atoms with van der Waals surface area (Å²) in [6.45, 7) is 5.98. The highest BCUT2D eigenvalue weighted by atomic mass is 35.5. The van der Waals surface area contributed by atoms with Gasteiger partial charge in [0.1, 0.15) is 29.5 Å². The van der Waals surface area contributed by atoms with Crippen LogP contribution >= 0.6 is 11.6 Å². The number of rotatable bonds is 13. The van der Waals surface area contributed by atoms with Crippen LogP contribution in [0.1, 0.15) is 129 Å². The zero-order chi connectivity index (χ0) is 53.1. The Morgan fingerprint density at radius 3 is 2.32 bits per heavy atom. The summed E-state index contributed by atoms with van der Waals surface area (Å²) < 4.78 is 78.1. The standard InChI is InChI=1S/C55H61ClF4N8O7/c1-29-41-39(26-38(58)45(56)44(41)43-36(50(61)71)27-62-52(47(43)60)74-24-23-69)75-55(29,31-7-5-4-6-8-31)28-63-32-11-17-54(2,18-12-32)53(73)68-21-15-33(16-22-68)67-19-13-30(14-20-67)42-37(57)25-35-48(65-66(3)49(35)46(42)59)34-9-10-40(70)64-51(34)72/h4-8,25-27,29-30,32-34,63,69H,9-24,28H2,1-3H3,(H2,61,71)(H,64,70,72)/t29-,32?,34?,54?,55-/m0/s1. The fraction of sp³-hybridized carbons (Fsp3) is 0.491. The van der Waals surface area contributed by atoms with Crippen LogP contribution in [0.2, 0.25) is 5.02 Å². The van der Waals surface area contributed by atoms with Gasteiger partial charge >= 0.3 is 0 Å². The van der Waals surface area contributed by atoms with Gasteiger partial charge in [0.2, 0.25) is 17.7 Å². The van der Waals surface area contributed by atoms with E-state index in [0.717, 1.165) is 30.7 Å². The van der Waals surface area contributed by atoms with E-state index in [-0.39, 0.29) is 94.8 Å². The van der Waals surface area contributed by atoms with Crippen LogP contribution in [-0.4, -0.2) is 111 Å². The molecule has 2 aromatic heterocycles. The van der Waals surface area contributed by atoms with Crippen molar-refractivity contribution in [3.05, 3.63) is 105 Å². The predicted octanol–water partition coefficient (Wildman–Crippen LogP) is 7.64. The van der Waals surface area contributed by atoms with Gasteiger partial charge in [0.15, 0.2) is 17.2 Å². The minimum atomic E-state index is -1.16. The molecule has 5 N–H and O–H groups in total. The normalized spacial score (nSPS) is 24.8. The number of aryl methyl sites for hydroxylation is 1. The molecule has 0 bridgehead atoms. The van der Waals surface area contributed by atoms with E-state index in [4.69, 9.17) is 26.8 Å². The van der Waals surface area contributed by atoms with Crippen LogP contribution in [0, 0.1) is 28.7 Å². The number of imide groups is 1. The molecule has 1 unspecified atom stereocenters. The quantitative estimate of drug-likeness (QED) is 0.0669. The van der Waals surface area contributed by atoms with Crippen LogP contribution in [0.3, 0.4) is 0 Å². The Labute approximate surface area is 436 Å². The molecule has 4 amide bonds. The maximum absolute atomic E-state index is 16.5. The second kappa shape index (κ2) is 20.8. The number of carbonyl (C=O) groups is 4. The lowest BCUT2D eigenvalue weighted by Gasteiger charge is -2.45. The number of carbonyl (C=O) groups excluding carboxylic acids is 4. The van der Waals surface area contributed by atoms with Crippen molar-refractivity contribution in [3.8, 4) is 22.8 Å². The number of aromatic nitrogens is 3. The van der Waals surface area contributed by atoms with Gasteiger partial charge in [0, 0.05) is 96.4 Å². The molecule has 3 saturated heterocycles. The SMILES string of the molecule is C[C@H]1c2c(cc(F)c(Cl)c2-c2c(C(N)=O)cnc(OCCO)c2F)O[C@]1(CNC1CCC(C)(C(=O)N2CCC(N3CCC(c4c(F)cc5c(C6CCC(=O)NC6=O)nn(C)c5c4F)CC3)CC2)CC1)c1ccccc1. The number of likely N-dealkylation sites (tertiary alicyclic amines) is 2. The Bertz CT molecular complexity index is 3060. The number of hydrogen-bond donors (Lipinski definition) is 4. The first kappa shape index (κ1) is 52.3. The predicted molar refractivity (Wildman–Crippen MR) is 270 cm³/mol. The Kier molecular flexibility index (Phi) is 14.5. The molecule has 0 radical (unpaired) electrons. The van der Waals surface area contributed by atoms with Crippen molar-refractivity contribution in [1.82, 2.24) is 35.2 Å². The fourth-order valence-electron chi connectivity index (χ4n) is 12.7. The lowest BCUT2D eigenvalue weighted by molar-refractivity contribution is -0.145. The minimum absolute atomic E-state index is 0.00641. The van der Waals surface area contributed by atoms with Gasteiger partial charge in [-0.25, -0.2) is 22.5 Å². The van der Waals surface area contributed by atoms with Crippen LogP contribution in [-0.2, 0) is 27.0 Å². The monoisotopic (exact) mass is 1060 g/mol. The third-order valence-corrected chi connectivity index (χ3v) is 17.2. The van der Waals surface area contributed by atoms with E-state index in [1.165, 1.54) is 10.7 Å². The lowest BCUT2D eigenvalue weighted by atomic mass is 9.72. The number of primary amides is 1. The summed E-state index contributed by atoms with van der Waals surface area (Å²) in [5, 5.41) is 19.6. The lowest BCUT2D eigenvalue weighted by Crippen LogP contribution is -2.53. The molecule has 1 saturated carbocycles. The summed E-state index contributed by atoms with van der Waals surface area (Å²) in [6, 6.07) is 12.1. The highest BCUT2D eigenvalue weighted by Crippen LogP contribution is 2.57. The van der Waals surface area contributed by atoms with Gasteiger partial charge in [0.25, 0.3) is 11.8 Å². The summed E-state index contributed by atoms with van der Waals surface area (Å²) in [4.78, 5) is 59.8. The van der Waals surface area contributed by atoms with Gasteiger partial charge < -0.3 is 35.4 Å². The molecule has 75 heavy (non-hydrogen) atoms. The second-order valence-electron chi connectivity index (χ2n) is 21.2. The van der Waals surface area contributed by atoms with E-state index in [1.807, 2.05) is 49.1 Å². The number of ether oxygens (including phenoxy) is 2. The molecule has 0 spiro atoms. The molecular formula is C55H61ClF4N8O7. The van der Waals surface area contributed by atoms with Crippen molar-refractivity contribution in [3.63, 3.8) is 0 Å². The number of aliphatic hydroxyl groups is 1. The van der Waals surface area contributed by atoms with Crippen LogP contribution < -0.4 is 25.8 Å². The molecule has 5 aliphatic rings. The molecular weight excluding hydrogens is 996 g/mol. The highest BCUT2D eigenvalue weighted by Gasteiger charge is 2.51. The minimum Gasteiger partial charge on any atom is -0.480 e. The van der Waals surface area contributed by atoms with Crippen molar-refractivity contribution < 1.29 is 51.3 Å². The largest absolute Gasteiger partial charge is 0.480 e. The average molecular weight is 1060 g/mol. The first-order valence-corrected chi connectivity index (χ1v) is 26.3.